The number of hydrogen-bond acceptors (Lipinski definition) is 4. The molecule has 5 heteroatoms. The average Bonchev–Trinajstić information content (AvgIpc) is 3.17. The number of aromatic nitrogens is 2. The maximum Gasteiger partial charge on any atom is 0.173 e. The SMILES string of the molecule is CCn1c(C(O)(c2ccccc2)c2ccccc2)nc2ccc(C(O)CO)cc21. The van der Waals surface area contributed by atoms with Crippen LogP contribution in [0.15, 0.2) is 78.9 Å². The molecule has 0 aliphatic rings. The third-order valence-electron chi connectivity index (χ3n) is 5.35. The minimum Gasteiger partial charge on any atom is -0.393 e. The average molecular weight is 388 g/mol. The van der Waals surface area contributed by atoms with Gasteiger partial charge in [0.15, 0.2) is 11.4 Å². The van der Waals surface area contributed by atoms with E-state index in [1.54, 1.807) is 6.07 Å². The van der Waals surface area contributed by atoms with Crippen LogP contribution in [-0.2, 0) is 12.1 Å². The number of rotatable bonds is 6. The summed E-state index contributed by atoms with van der Waals surface area (Å²) in [6.45, 7) is 2.24. The number of nitrogens with zero attached hydrogens (tertiary/aromatic N) is 2. The highest BCUT2D eigenvalue weighted by Crippen LogP contribution is 2.38. The van der Waals surface area contributed by atoms with E-state index in [2.05, 4.69) is 0 Å². The Labute approximate surface area is 169 Å². The fraction of sp³-hybridized carbons (Fsp3) is 0.208. The molecule has 0 aliphatic carbocycles. The van der Waals surface area contributed by atoms with Crippen LogP contribution in [0.3, 0.4) is 0 Å². The molecule has 0 saturated heterocycles. The summed E-state index contributed by atoms with van der Waals surface area (Å²) in [4.78, 5) is 4.80. The molecule has 148 valence electrons. The molecule has 0 bridgehead atoms. The van der Waals surface area contributed by atoms with Gasteiger partial charge in [0, 0.05) is 6.54 Å². The van der Waals surface area contributed by atoms with Crippen molar-refractivity contribution in [3.8, 4) is 0 Å². The summed E-state index contributed by atoms with van der Waals surface area (Å²) in [6.07, 6.45) is -0.954. The zero-order chi connectivity index (χ0) is 20.4. The lowest BCUT2D eigenvalue weighted by atomic mass is 9.85. The van der Waals surface area contributed by atoms with E-state index in [0.717, 1.165) is 22.2 Å². The third-order valence-corrected chi connectivity index (χ3v) is 5.35. The van der Waals surface area contributed by atoms with Gasteiger partial charge in [-0.25, -0.2) is 4.98 Å². The van der Waals surface area contributed by atoms with Gasteiger partial charge in [-0.3, -0.25) is 0 Å². The first-order chi connectivity index (χ1) is 14.1. The summed E-state index contributed by atoms with van der Waals surface area (Å²) in [6, 6.07) is 24.4. The lowest BCUT2D eigenvalue weighted by Crippen LogP contribution is -2.32. The summed E-state index contributed by atoms with van der Waals surface area (Å²) < 4.78 is 1.96. The van der Waals surface area contributed by atoms with E-state index < -0.39 is 11.7 Å². The van der Waals surface area contributed by atoms with Gasteiger partial charge in [-0.1, -0.05) is 66.7 Å². The van der Waals surface area contributed by atoms with E-state index in [9.17, 15) is 15.3 Å². The van der Waals surface area contributed by atoms with Crippen LogP contribution in [-0.4, -0.2) is 31.5 Å². The molecular formula is C24H24N2O3. The molecule has 3 aromatic carbocycles. The Morgan fingerprint density at radius 3 is 2.03 bits per heavy atom. The van der Waals surface area contributed by atoms with Gasteiger partial charge in [0.25, 0.3) is 0 Å². The molecule has 1 unspecified atom stereocenters. The number of imidazole rings is 1. The largest absolute Gasteiger partial charge is 0.393 e. The summed E-state index contributed by atoms with van der Waals surface area (Å²) in [5.41, 5.74) is 2.16. The smallest absolute Gasteiger partial charge is 0.173 e. The van der Waals surface area contributed by atoms with Crippen molar-refractivity contribution in [2.75, 3.05) is 6.61 Å². The highest BCUT2D eigenvalue weighted by atomic mass is 16.3. The van der Waals surface area contributed by atoms with E-state index in [0.29, 0.717) is 17.9 Å². The Hall–Kier alpha value is -2.99. The predicted molar refractivity (Wildman–Crippen MR) is 112 cm³/mol. The van der Waals surface area contributed by atoms with Crippen molar-refractivity contribution in [2.24, 2.45) is 0 Å². The summed E-state index contributed by atoms with van der Waals surface area (Å²) in [5.74, 6) is 0.517. The van der Waals surface area contributed by atoms with Gasteiger partial charge in [-0.05, 0) is 35.7 Å². The minimum absolute atomic E-state index is 0.351. The van der Waals surface area contributed by atoms with Crippen LogP contribution in [0.1, 0.15) is 35.5 Å². The van der Waals surface area contributed by atoms with E-state index in [1.807, 2.05) is 84.3 Å². The number of hydrogen-bond donors (Lipinski definition) is 3. The van der Waals surface area contributed by atoms with Crippen molar-refractivity contribution in [3.63, 3.8) is 0 Å². The molecule has 0 saturated carbocycles. The summed E-state index contributed by atoms with van der Waals surface area (Å²) in [7, 11) is 0. The van der Waals surface area contributed by atoms with Crippen LogP contribution in [0.2, 0.25) is 0 Å². The molecule has 29 heavy (non-hydrogen) atoms. The summed E-state index contributed by atoms with van der Waals surface area (Å²) in [5, 5.41) is 31.4. The molecule has 0 aliphatic heterocycles. The van der Waals surface area contributed by atoms with Crippen LogP contribution in [0, 0.1) is 0 Å². The van der Waals surface area contributed by atoms with Gasteiger partial charge >= 0.3 is 0 Å². The van der Waals surface area contributed by atoms with Gasteiger partial charge in [0.1, 0.15) is 6.10 Å². The Bertz CT molecular complexity index is 1070. The van der Waals surface area contributed by atoms with E-state index in [1.165, 1.54) is 0 Å². The standard InChI is InChI=1S/C24H24N2O3/c1-2-26-21-15-17(22(28)16-27)13-14-20(21)25-23(26)24(29,18-9-5-3-6-10-18)19-11-7-4-8-12-19/h3-15,22,27-29H,2,16H2,1H3. The topological polar surface area (TPSA) is 78.5 Å². The predicted octanol–water partition coefficient (Wildman–Crippen LogP) is 3.37. The molecule has 1 aromatic heterocycles. The van der Waals surface area contributed by atoms with Crippen molar-refractivity contribution >= 4 is 11.0 Å². The Morgan fingerprint density at radius 1 is 0.931 bits per heavy atom. The molecule has 4 rings (SSSR count). The molecule has 0 amide bonds. The first kappa shape index (κ1) is 19.3. The van der Waals surface area contributed by atoms with Gasteiger partial charge in [0.2, 0.25) is 0 Å². The van der Waals surface area contributed by atoms with Gasteiger partial charge in [-0.15, -0.1) is 0 Å². The lowest BCUT2D eigenvalue weighted by Gasteiger charge is -2.29. The number of aliphatic hydroxyl groups excluding tert-OH is 2. The van der Waals surface area contributed by atoms with Crippen LogP contribution in [0.4, 0.5) is 0 Å². The van der Waals surface area contributed by atoms with Crippen LogP contribution >= 0.6 is 0 Å². The zero-order valence-corrected chi connectivity index (χ0v) is 16.2. The fourth-order valence-corrected chi connectivity index (χ4v) is 3.83. The highest BCUT2D eigenvalue weighted by Gasteiger charge is 2.38. The van der Waals surface area contributed by atoms with E-state index in [4.69, 9.17) is 4.98 Å². The second-order valence-corrected chi connectivity index (χ2v) is 7.07. The monoisotopic (exact) mass is 388 g/mol. The Kier molecular flexibility index (Phi) is 5.20. The van der Waals surface area contributed by atoms with Crippen LogP contribution in [0.25, 0.3) is 11.0 Å². The number of benzene rings is 3. The van der Waals surface area contributed by atoms with Gasteiger partial charge < -0.3 is 19.9 Å². The second-order valence-electron chi connectivity index (χ2n) is 7.07. The quantitative estimate of drug-likeness (QED) is 0.473. The first-order valence-corrected chi connectivity index (χ1v) is 9.72. The van der Waals surface area contributed by atoms with Crippen molar-refractivity contribution < 1.29 is 15.3 Å². The highest BCUT2D eigenvalue weighted by molar-refractivity contribution is 5.78. The molecule has 0 spiro atoms. The number of fused-ring (bicyclic) bond motifs is 1. The second kappa shape index (κ2) is 7.79. The van der Waals surface area contributed by atoms with Crippen molar-refractivity contribution in [2.45, 2.75) is 25.2 Å². The molecule has 4 aromatic rings. The number of aryl methyl sites for hydroxylation is 1. The van der Waals surface area contributed by atoms with Crippen molar-refractivity contribution in [1.82, 2.24) is 9.55 Å². The Morgan fingerprint density at radius 2 is 1.52 bits per heavy atom. The normalized spacial score (nSPS) is 13.0. The lowest BCUT2D eigenvalue weighted by molar-refractivity contribution is 0.0957. The fourth-order valence-electron chi connectivity index (χ4n) is 3.83. The van der Waals surface area contributed by atoms with Crippen molar-refractivity contribution in [3.05, 3.63) is 101 Å². The first-order valence-electron chi connectivity index (χ1n) is 9.72. The molecule has 1 atom stereocenters. The molecule has 3 N–H and O–H groups in total. The molecule has 0 fully saturated rings. The maximum atomic E-state index is 12.1. The minimum atomic E-state index is -1.44. The van der Waals surface area contributed by atoms with Gasteiger partial charge in [-0.2, -0.15) is 0 Å². The van der Waals surface area contributed by atoms with Crippen LogP contribution in [0.5, 0.6) is 0 Å². The number of aliphatic hydroxyl groups is 3. The third kappa shape index (κ3) is 3.23. The Balaban J connectivity index is 2.01. The van der Waals surface area contributed by atoms with Crippen molar-refractivity contribution in [1.29, 1.82) is 0 Å². The molecule has 0 radical (unpaired) electrons. The maximum absolute atomic E-state index is 12.1. The van der Waals surface area contributed by atoms with Crippen LogP contribution < -0.4 is 0 Å². The molecule has 1 heterocycles. The van der Waals surface area contributed by atoms with Gasteiger partial charge in [0.05, 0.1) is 17.6 Å². The summed E-state index contributed by atoms with van der Waals surface area (Å²) >= 11 is 0. The molecular weight excluding hydrogens is 364 g/mol. The molecule has 5 nitrogen and oxygen atoms in total. The van der Waals surface area contributed by atoms with E-state index >= 15 is 0 Å². The van der Waals surface area contributed by atoms with E-state index in [-0.39, 0.29) is 6.61 Å². The zero-order valence-electron chi connectivity index (χ0n) is 16.2.